The molecular weight excluding hydrogens is 224 g/mol. The van der Waals surface area contributed by atoms with Gasteiger partial charge in [-0.25, -0.2) is 0 Å². The van der Waals surface area contributed by atoms with Crippen molar-refractivity contribution in [2.75, 3.05) is 19.6 Å². The van der Waals surface area contributed by atoms with Crippen molar-refractivity contribution < 1.29 is 4.79 Å². The van der Waals surface area contributed by atoms with Crippen LogP contribution in [0.15, 0.2) is 36.9 Å². The second kappa shape index (κ2) is 7.67. The molecule has 0 atom stereocenters. The molecule has 3 heteroatoms. The molecule has 1 aromatic rings. The lowest BCUT2D eigenvalue weighted by atomic mass is 10.1. The minimum Gasteiger partial charge on any atom is -0.338 e. The molecule has 1 N–H and O–H groups in total. The maximum Gasteiger partial charge on any atom is 0.236 e. The summed E-state index contributed by atoms with van der Waals surface area (Å²) in [5.41, 5.74) is 2.40. The molecule has 0 unspecified atom stereocenters. The van der Waals surface area contributed by atoms with Gasteiger partial charge in [-0.1, -0.05) is 35.9 Å². The van der Waals surface area contributed by atoms with E-state index in [2.05, 4.69) is 37.0 Å². The Kier molecular flexibility index (Phi) is 6.15. The molecule has 0 spiro atoms. The van der Waals surface area contributed by atoms with Gasteiger partial charge >= 0.3 is 0 Å². The third-order valence-corrected chi connectivity index (χ3v) is 2.76. The fourth-order valence-corrected chi connectivity index (χ4v) is 1.80. The van der Waals surface area contributed by atoms with E-state index in [1.807, 2.05) is 17.9 Å². The lowest BCUT2D eigenvalue weighted by Crippen LogP contribution is -2.37. The predicted octanol–water partition coefficient (Wildman–Crippen LogP) is 2.12. The summed E-state index contributed by atoms with van der Waals surface area (Å²) in [6, 6.07) is 8.26. The highest BCUT2D eigenvalue weighted by atomic mass is 16.2. The normalized spacial score (nSPS) is 10.1. The average Bonchev–Trinajstić information content (AvgIpc) is 2.36. The third kappa shape index (κ3) is 4.72. The molecule has 0 aliphatic heterocycles. The average molecular weight is 246 g/mol. The second-order valence-electron chi connectivity index (χ2n) is 4.32. The van der Waals surface area contributed by atoms with E-state index >= 15 is 0 Å². The number of likely N-dealkylation sites (N-methyl/N-ethyl adjacent to an activating group) is 1. The molecule has 3 nitrogen and oxygen atoms in total. The summed E-state index contributed by atoms with van der Waals surface area (Å²) in [7, 11) is 0. The summed E-state index contributed by atoms with van der Waals surface area (Å²) >= 11 is 0. The lowest BCUT2D eigenvalue weighted by molar-refractivity contribution is -0.130. The first-order chi connectivity index (χ1) is 8.67. The van der Waals surface area contributed by atoms with Crippen LogP contribution in [0, 0.1) is 6.92 Å². The molecule has 0 bridgehead atoms. The topological polar surface area (TPSA) is 32.3 Å². The second-order valence-corrected chi connectivity index (χ2v) is 4.32. The van der Waals surface area contributed by atoms with Crippen molar-refractivity contribution in [1.29, 1.82) is 0 Å². The van der Waals surface area contributed by atoms with Crippen LogP contribution >= 0.6 is 0 Å². The molecule has 0 radical (unpaired) electrons. The Morgan fingerprint density at radius 1 is 1.50 bits per heavy atom. The minimum absolute atomic E-state index is 0.126. The molecule has 0 aliphatic rings. The SMILES string of the molecule is C=CCNCC(=O)N(CC)Cc1cccc(C)c1. The number of hydrogen-bond acceptors (Lipinski definition) is 2. The van der Waals surface area contributed by atoms with Crippen LogP contribution in [0.3, 0.4) is 0 Å². The van der Waals surface area contributed by atoms with Crippen molar-refractivity contribution in [1.82, 2.24) is 10.2 Å². The molecule has 0 saturated carbocycles. The van der Waals surface area contributed by atoms with Crippen LogP contribution < -0.4 is 5.32 Å². The van der Waals surface area contributed by atoms with Gasteiger partial charge in [-0.05, 0) is 19.4 Å². The molecule has 18 heavy (non-hydrogen) atoms. The number of hydrogen-bond donors (Lipinski definition) is 1. The number of nitrogens with zero attached hydrogens (tertiary/aromatic N) is 1. The Balaban J connectivity index is 2.55. The third-order valence-electron chi connectivity index (χ3n) is 2.76. The van der Waals surface area contributed by atoms with Gasteiger partial charge in [0.2, 0.25) is 5.91 Å². The molecule has 1 amide bonds. The van der Waals surface area contributed by atoms with E-state index in [1.54, 1.807) is 6.08 Å². The monoisotopic (exact) mass is 246 g/mol. The van der Waals surface area contributed by atoms with Crippen LogP contribution in [-0.2, 0) is 11.3 Å². The number of rotatable bonds is 7. The van der Waals surface area contributed by atoms with Crippen LogP contribution in [0.2, 0.25) is 0 Å². The molecule has 0 saturated heterocycles. The van der Waals surface area contributed by atoms with Crippen molar-refractivity contribution >= 4 is 5.91 Å². The van der Waals surface area contributed by atoms with Gasteiger partial charge < -0.3 is 10.2 Å². The van der Waals surface area contributed by atoms with E-state index in [9.17, 15) is 4.79 Å². The fourth-order valence-electron chi connectivity index (χ4n) is 1.80. The van der Waals surface area contributed by atoms with Gasteiger partial charge in [0, 0.05) is 19.6 Å². The Morgan fingerprint density at radius 2 is 2.28 bits per heavy atom. The van der Waals surface area contributed by atoms with E-state index in [4.69, 9.17) is 0 Å². The summed E-state index contributed by atoms with van der Waals surface area (Å²) in [5, 5.41) is 3.04. The first kappa shape index (κ1) is 14.5. The highest BCUT2D eigenvalue weighted by Crippen LogP contribution is 2.07. The van der Waals surface area contributed by atoms with Crippen LogP contribution in [0.5, 0.6) is 0 Å². The quantitative estimate of drug-likeness (QED) is 0.590. The van der Waals surface area contributed by atoms with Gasteiger partial charge in [-0.3, -0.25) is 4.79 Å². The molecule has 0 aromatic heterocycles. The first-order valence-corrected chi connectivity index (χ1v) is 6.32. The highest BCUT2D eigenvalue weighted by molar-refractivity contribution is 5.78. The molecular formula is C15H22N2O. The zero-order valence-corrected chi connectivity index (χ0v) is 11.3. The van der Waals surface area contributed by atoms with Gasteiger partial charge in [-0.15, -0.1) is 6.58 Å². The summed E-state index contributed by atoms with van der Waals surface area (Å²) in [6.45, 7) is 10.1. The Hall–Kier alpha value is -1.61. The molecule has 98 valence electrons. The highest BCUT2D eigenvalue weighted by Gasteiger charge is 2.11. The lowest BCUT2D eigenvalue weighted by Gasteiger charge is -2.21. The van der Waals surface area contributed by atoms with Crippen molar-refractivity contribution in [2.24, 2.45) is 0 Å². The number of nitrogens with one attached hydrogen (secondary N) is 1. The maximum absolute atomic E-state index is 12.0. The van der Waals surface area contributed by atoms with Gasteiger partial charge in [0.15, 0.2) is 0 Å². The molecule has 1 aromatic carbocycles. The van der Waals surface area contributed by atoms with E-state index in [0.717, 1.165) is 6.54 Å². The van der Waals surface area contributed by atoms with Crippen molar-refractivity contribution in [3.05, 3.63) is 48.0 Å². The zero-order valence-electron chi connectivity index (χ0n) is 11.3. The zero-order chi connectivity index (χ0) is 13.4. The number of carbonyl (C=O) groups excluding carboxylic acids is 1. The standard InChI is InChI=1S/C15H22N2O/c1-4-9-16-11-15(18)17(5-2)12-14-8-6-7-13(3)10-14/h4,6-8,10,16H,1,5,9,11-12H2,2-3H3. The van der Waals surface area contributed by atoms with E-state index in [0.29, 0.717) is 19.6 Å². The van der Waals surface area contributed by atoms with Crippen molar-refractivity contribution in [2.45, 2.75) is 20.4 Å². The molecule has 0 aliphatic carbocycles. The van der Waals surface area contributed by atoms with Gasteiger partial charge in [-0.2, -0.15) is 0 Å². The Labute approximate surface area is 109 Å². The van der Waals surface area contributed by atoms with Gasteiger partial charge in [0.1, 0.15) is 0 Å². The van der Waals surface area contributed by atoms with E-state index in [1.165, 1.54) is 11.1 Å². The summed E-state index contributed by atoms with van der Waals surface area (Å²) in [6.07, 6.45) is 1.75. The number of aryl methyl sites for hydroxylation is 1. The summed E-state index contributed by atoms with van der Waals surface area (Å²) in [4.78, 5) is 13.8. The largest absolute Gasteiger partial charge is 0.338 e. The number of amides is 1. The van der Waals surface area contributed by atoms with Crippen molar-refractivity contribution in [3.8, 4) is 0 Å². The Bertz CT molecular complexity index is 401. The minimum atomic E-state index is 0.126. The smallest absolute Gasteiger partial charge is 0.236 e. The number of carbonyl (C=O) groups is 1. The maximum atomic E-state index is 12.0. The van der Waals surface area contributed by atoms with Crippen LogP contribution in [0.25, 0.3) is 0 Å². The van der Waals surface area contributed by atoms with Crippen LogP contribution in [0.1, 0.15) is 18.1 Å². The number of benzene rings is 1. The molecule has 1 rings (SSSR count). The summed E-state index contributed by atoms with van der Waals surface area (Å²) in [5.74, 6) is 0.126. The van der Waals surface area contributed by atoms with E-state index in [-0.39, 0.29) is 5.91 Å². The van der Waals surface area contributed by atoms with E-state index < -0.39 is 0 Å². The molecule has 0 fully saturated rings. The molecule has 0 heterocycles. The van der Waals surface area contributed by atoms with Crippen molar-refractivity contribution in [3.63, 3.8) is 0 Å². The predicted molar refractivity (Wildman–Crippen MR) is 75.3 cm³/mol. The van der Waals surface area contributed by atoms with Crippen LogP contribution in [0.4, 0.5) is 0 Å². The van der Waals surface area contributed by atoms with Gasteiger partial charge in [0.25, 0.3) is 0 Å². The fraction of sp³-hybridized carbons (Fsp3) is 0.400. The van der Waals surface area contributed by atoms with Gasteiger partial charge in [0.05, 0.1) is 6.54 Å². The Morgan fingerprint density at radius 3 is 2.89 bits per heavy atom. The summed E-state index contributed by atoms with van der Waals surface area (Å²) < 4.78 is 0. The van der Waals surface area contributed by atoms with Crippen LogP contribution in [-0.4, -0.2) is 30.4 Å². The first-order valence-electron chi connectivity index (χ1n) is 6.32.